The Labute approximate surface area is 120 Å². The molecule has 1 atom stereocenters. The van der Waals surface area contributed by atoms with Gasteiger partial charge >= 0.3 is 5.97 Å². The highest BCUT2D eigenvalue weighted by atomic mass is 16.4. The molecule has 0 bridgehead atoms. The number of imide groups is 1. The molecule has 2 N–H and O–H groups in total. The number of benzene rings is 1. The highest BCUT2D eigenvalue weighted by Crippen LogP contribution is 2.22. The second kappa shape index (κ2) is 5.74. The smallest absolute Gasteiger partial charge is 0.325 e. The van der Waals surface area contributed by atoms with E-state index in [1.807, 2.05) is 0 Å². The van der Waals surface area contributed by atoms with E-state index in [2.05, 4.69) is 5.32 Å². The van der Waals surface area contributed by atoms with E-state index in [4.69, 9.17) is 5.11 Å². The van der Waals surface area contributed by atoms with Crippen molar-refractivity contribution in [3.05, 3.63) is 35.4 Å². The van der Waals surface area contributed by atoms with Crippen molar-refractivity contribution in [3.8, 4) is 0 Å². The predicted octanol–water partition coefficient (Wildman–Crippen LogP) is 0.262. The molecular weight excluding hydrogens is 276 g/mol. The van der Waals surface area contributed by atoms with Gasteiger partial charge in [0.25, 0.3) is 11.8 Å². The van der Waals surface area contributed by atoms with E-state index in [0.29, 0.717) is 11.1 Å². The van der Waals surface area contributed by atoms with Crippen LogP contribution in [0.25, 0.3) is 0 Å². The second-order valence-corrected chi connectivity index (χ2v) is 4.68. The Morgan fingerprint density at radius 2 is 1.71 bits per heavy atom. The molecular formula is C14H14N2O5. The first-order valence-electron chi connectivity index (χ1n) is 6.39. The Balaban J connectivity index is 1.97. The Kier molecular flexibility index (Phi) is 4.02. The molecule has 2 rings (SSSR count). The van der Waals surface area contributed by atoms with Gasteiger partial charge in [-0.3, -0.25) is 24.1 Å². The highest BCUT2D eigenvalue weighted by molar-refractivity contribution is 6.21. The minimum absolute atomic E-state index is 0.0789. The van der Waals surface area contributed by atoms with Gasteiger partial charge in [0.1, 0.15) is 6.04 Å². The van der Waals surface area contributed by atoms with E-state index >= 15 is 0 Å². The van der Waals surface area contributed by atoms with E-state index in [1.165, 1.54) is 6.92 Å². The molecule has 1 aromatic carbocycles. The van der Waals surface area contributed by atoms with Crippen LogP contribution in [0.15, 0.2) is 24.3 Å². The summed E-state index contributed by atoms with van der Waals surface area (Å²) >= 11 is 0. The molecule has 1 aliphatic rings. The van der Waals surface area contributed by atoms with Crippen LogP contribution in [0.2, 0.25) is 0 Å². The number of hydrogen-bond acceptors (Lipinski definition) is 4. The highest BCUT2D eigenvalue weighted by Gasteiger charge is 2.35. The average Bonchev–Trinajstić information content (AvgIpc) is 2.69. The van der Waals surface area contributed by atoms with Gasteiger partial charge in [-0.1, -0.05) is 12.1 Å². The number of carbonyl (C=O) groups excluding carboxylic acids is 3. The minimum atomic E-state index is -1.15. The van der Waals surface area contributed by atoms with Crippen LogP contribution in [0.4, 0.5) is 0 Å². The molecule has 7 nitrogen and oxygen atoms in total. The van der Waals surface area contributed by atoms with Crippen molar-refractivity contribution in [3.63, 3.8) is 0 Å². The van der Waals surface area contributed by atoms with Crippen molar-refractivity contribution in [1.29, 1.82) is 0 Å². The summed E-state index contributed by atoms with van der Waals surface area (Å²) in [5.74, 6) is -2.55. The van der Waals surface area contributed by atoms with E-state index in [0.717, 1.165) is 4.90 Å². The fourth-order valence-corrected chi connectivity index (χ4v) is 2.03. The lowest BCUT2D eigenvalue weighted by atomic mass is 10.1. The third kappa shape index (κ3) is 2.91. The van der Waals surface area contributed by atoms with E-state index in [9.17, 15) is 19.2 Å². The molecule has 1 heterocycles. The first-order valence-corrected chi connectivity index (χ1v) is 6.39. The van der Waals surface area contributed by atoms with Gasteiger partial charge in [0.15, 0.2) is 0 Å². The molecule has 1 aliphatic heterocycles. The van der Waals surface area contributed by atoms with Crippen LogP contribution in [-0.2, 0) is 9.59 Å². The number of rotatable bonds is 5. The van der Waals surface area contributed by atoms with Crippen LogP contribution in [0, 0.1) is 0 Å². The summed E-state index contributed by atoms with van der Waals surface area (Å²) in [5, 5.41) is 10.9. The molecule has 0 fully saturated rings. The van der Waals surface area contributed by atoms with Gasteiger partial charge in [-0.05, 0) is 19.1 Å². The first-order chi connectivity index (χ1) is 9.91. The van der Waals surface area contributed by atoms with E-state index in [1.54, 1.807) is 24.3 Å². The van der Waals surface area contributed by atoms with Crippen molar-refractivity contribution in [2.75, 3.05) is 6.54 Å². The zero-order chi connectivity index (χ0) is 15.6. The summed E-state index contributed by atoms with van der Waals surface area (Å²) in [6.45, 7) is 1.26. The molecule has 7 heteroatoms. The monoisotopic (exact) mass is 290 g/mol. The largest absolute Gasteiger partial charge is 0.480 e. The Bertz CT molecular complexity index is 591. The SMILES string of the molecule is C[C@@H](NC(=O)CCN1C(=O)c2ccccc2C1=O)C(=O)O. The minimum Gasteiger partial charge on any atom is -0.480 e. The molecule has 0 aromatic heterocycles. The number of fused-ring (bicyclic) bond motifs is 1. The fourth-order valence-electron chi connectivity index (χ4n) is 2.03. The summed E-state index contributed by atoms with van der Waals surface area (Å²) in [7, 11) is 0. The quantitative estimate of drug-likeness (QED) is 0.757. The summed E-state index contributed by atoms with van der Waals surface area (Å²) in [6, 6.07) is 5.42. The van der Waals surface area contributed by atoms with Crippen LogP contribution < -0.4 is 5.32 Å². The Hall–Kier alpha value is -2.70. The maximum atomic E-state index is 12.0. The number of carboxylic acid groups (broad SMARTS) is 1. The van der Waals surface area contributed by atoms with E-state index in [-0.39, 0.29) is 13.0 Å². The summed E-state index contributed by atoms with van der Waals surface area (Å²) in [4.78, 5) is 47.2. The normalized spacial score (nSPS) is 14.8. The topological polar surface area (TPSA) is 104 Å². The lowest BCUT2D eigenvalue weighted by Gasteiger charge is -2.14. The Morgan fingerprint density at radius 1 is 1.19 bits per heavy atom. The standard InChI is InChI=1S/C14H14N2O5/c1-8(14(20)21)15-11(17)6-7-16-12(18)9-4-2-3-5-10(9)13(16)19/h2-5,8H,6-7H2,1H3,(H,15,17)(H,20,21)/t8-/m1/s1. The molecule has 0 saturated carbocycles. The van der Waals surface area contributed by atoms with Crippen molar-refractivity contribution >= 4 is 23.7 Å². The number of hydrogen-bond donors (Lipinski definition) is 2. The summed E-state index contributed by atoms with van der Waals surface area (Å²) < 4.78 is 0. The number of nitrogens with zero attached hydrogens (tertiary/aromatic N) is 1. The van der Waals surface area contributed by atoms with Crippen LogP contribution in [-0.4, -0.2) is 46.3 Å². The maximum absolute atomic E-state index is 12.0. The van der Waals surface area contributed by atoms with Gasteiger partial charge in [-0.2, -0.15) is 0 Å². The van der Waals surface area contributed by atoms with Crippen molar-refractivity contribution in [1.82, 2.24) is 10.2 Å². The first kappa shape index (κ1) is 14.7. The van der Waals surface area contributed by atoms with Crippen molar-refractivity contribution in [2.45, 2.75) is 19.4 Å². The molecule has 0 aliphatic carbocycles. The Morgan fingerprint density at radius 3 is 2.19 bits per heavy atom. The molecule has 0 radical (unpaired) electrons. The fraction of sp³-hybridized carbons (Fsp3) is 0.286. The van der Waals surface area contributed by atoms with Crippen LogP contribution in [0.5, 0.6) is 0 Å². The van der Waals surface area contributed by atoms with Crippen molar-refractivity contribution in [2.24, 2.45) is 0 Å². The zero-order valence-electron chi connectivity index (χ0n) is 11.3. The van der Waals surface area contributed by atoms with Gasteiger partial charge in [-0.25, -0.2) is 0 Å². The van der Waals surface area contributed by atoms with Gasteiger partial charge in [0.05, 0.1) is 11.1 Å². The predicted molar refractivity (Wildman–Crippen MR) is 71.7 cm³/mol. The average molecular weight is 290 g/mol. The van der Waals surface area contributed by atoms with Crippen LogP contribution in [0.3, 0.4) is 0 Å². The van der Waals surface area contributed by atoms with Gasteiger partial charge in [0.2, 0.25) is 5.91 Å². The van der Waals surface area contributed by atoms with Gasteiger partial charge < -0.3 is 10.4 Å². The number of aliphatic carboxylic acids is 1. The molecule has 3 amide bonds. The molecule has 0 saturated heterocycles. The summed E-state index contributed by atoms with van der Waals surface area (Å²) in [5.41, 5.74) is 0.642. The molecule has 110 valence electrons. The summed E-state index contributed by atoms with van der Waals surface area (Å²) in [6.07, 6.45) is -0.136. The number of carboxylic acids is 1. The lowest BCUT2D eigenvalue weighted by Crippen LogP contribution is -2.40. The van der Waals surface area contributed by atoms with Gasteiger partial charge in [0, 0.05) is 13.0 Å². The number of carbonyl (C=O) groups is 4. The molecule has 0 unspecified atom stereocenters. The molecule has 21 heavy (non-hydrogen) atoms. The zero-order valence-corrected chi connectivity index (χ0v) is 11.3. The lowest BCUT2D eigenvalue weighted by molar-refractivity contribution is -0.141. The van der Waals surface area contributed by atoms with Crippen molar-refractivity contribution < 1.29 is 24.3 Å². The van der Waals surface area contributed by atoms with Crippen LogP contribution >= 0.6 is 0 Å². The third-order valence-electron chi connectivity index (χ3n) is 3.19. The number of nitrogens with one attached hydrogen (secondary N) is 1. The van der Waals surface area contributed by atoms with Gasteiger partial charge in [-0.15, -0.1) is 0 Å². The van der Waals surface area contributed by atoms with E-state index < -0.39 is 29.7 Å². The number of amides is 3. The maximum Gasteiger partial charge on any atom is 0.325 e. The van der Waals surface area contributed by atoms with Crippen LogP contribution in [0.1, 0.15) is 34.1 Å². The molecule has 0 spiro atoms. The second-order valence-electron chi connectivity index (χ2n) is 4.68. The third-order valence-corrected chi connectivity index (χ3v) is 3.19. The molecule has 1 aromatic rings.